The number of likely N-dealkylation sites (tertiary alicyclic amines) is 1. The minimum Gasteiger partial charge on any atom is -0.493 e. The molecule has 2 aromatic carbocycles. The molecule has 42 heavy (non-hydrogen) atoms. The Morgan fingerprint density at radius 2 is 1.79 bits per heavy atom. The minimum absolute atomic E-state index is 0.0417. The van der Waals surface area contributed by atoms with E-state index in [0.717, 1.165) is 62.7 Å². The zero-order chi connectivity index (χ0) is 29.1. The van der Waals surface area contributed by atoms with Crippen LogP contribution < -0.4 is 4.74 Å². The standard InChI is InChI=1S/C33H39FN4O4/c1-36-30(24-9-11-26(34)12-10-24)21-29(35-36)32(40)37-17-14-33(15-18-37)13-2-3-19-41-22-27-7-5-16-38(27)31(39)25-6-4-8-28(20-25)42-23-33/h4,6,8-12,20-21,27H,2-3,5,7,13-19,22-23H2,1H3/t27-/m0/s1. The number of ether oxygens (including phenoxy) is 2. The van der Waals surface area contributed by atoms with Gasteiger partial charge in [-0.3, -0.25) is 14.3 Å². The Kier molecular flexibility index (Phi) is 8.29. The van der Waals surface area contributed by atoms with Gasteiger partial charge in [-0.1, -0.05) is 12.5 Å². The van der Waals surface area contributed by atoms with Crippen LogP contribution >= 0.6 is 0 Å². The lowest BCUT2D eigenvalue weighted by Gasteiger charge is -2.41. The van der Waals surface area contributed by atoms with Crippen LogP contribution in [0.3, 0.4) is 0 Å². The van der Waals surface area contributed by atoms with Crippen molar-refractivity contribution in [2.75, 3.05) is 39.5 Å². The van der Waals surface area contributed by atoms with Crippen LogP contribution in [0, 0.1) is 11.2 Å². The van der Waals surface area contributed by atoms with E-state index >= 15 is 0 Å². The first-order chi connectivity index (χ1) is 20.4. The van der Waals surface area contributed by atoms with E-state index < -0.39 is 0 Å². The number of carbonyl (C=O) groups is 2. The summed E-state index contributed by atoms with van der Waals surface area (Å²) < 4.78 is 27.5. The first kappa shape index (κ1) is 28.4. The highest BCUT2D eigenvalue weighted by atomic mass is 19.1. The highest BCUT2D eigenvalue weighted by Gasteiger charge is 2.37. The molecule has 3 aliphatic heterocycles. The molecule has 3 aliphatic rings. The van der Waals surface area contributed by atoms with E-state index in [9.17, 15) is 14.0 Å². The van der Waals surface area contributed by atoms with Crippen molar-refractivity contribution in [2.45, 2.75) is 51.0 Å². The van der Waals surface area contributed by atoms with Gasteiger partial charge in [0.1, 0.15) is 11.6 Å². The number of benzene rings is 2. The fourth-order valence-electron chi connectivity index (χ4n) is 6.60. The van der Waals surface area contributed by atoms with Crippen molar-refractivity contribution >= 4 is 11.8 Å². The lowest BCUT2D eigenvalue weighted by Crippen LogP contribution is -2.45. The van der Waals surface area contributed by atoms with E-state index in [-0.39, 0.29) is 29.1 Å². The Hall–Kier alpha value is -3.72. The monoisotopic (exact) mass is 574 g/mol. The fraction of sp³-hybridized carbons (Fsp3) is 0.485. The van der Waals surface area contributed by atoms with Crippen LogP contribution in [0.15, 0.2) is 54.6 Å². The van der Waals surface area contributed by atoms with E-state index in [2.05, 4.69) is 5.10 Å². The van der Waals surface area contributed by atoms with Crippen molar-refractivity contribution in [3.05, 3.63) is 71.7 Å². The number of hydrogen-bond acceptors (Lipinski definition) is 5. The molecule has 2 amide bonds. The van der Waals surface area contributed by atoms with Gasteiger partial charge in [-0.15, -0.1) is 0 Å². The van der Waals surface area contributed by atoms with Gasteiger partial charge in [0.15, 0.2) is 5.69 Å². The third-order valence-corrected chi connectivity index (χ3v) is 9.17. The summed E-state index contributed by atoms with van der Waals surface area (Å²) in [7, 11) is 1.80. The molecule has 2 fully saturated rings. The lowest BCUT2D eigenvalue weighted by molar-refractivity contribution is 0.0329. The zero-order valence-corrected chi connectivity index (χ0v) is 24.3. The van der Waals surface area contributed by atoms with Gasteiger partial charge in [0.2, 0.25) is 0 Å². The minimum atomic E-state index is -0.300. The highest BCUT2D eigenvalue weighted by molar-refractivity contribution is 5.95. The Balaban J connectivity index is 1.14. The molecule has 9 heteroatoms. The topological polar surface area (TPSA) is 76.9 Å². The lowest BCUT2D eigenvalue weighted by atomic mass is 9.75. The normalized spacial score (nSPS) is 21.4. The first-order valence-corrected chi connectivity index (χ1v) is 15.1. The van der Waals surface area contributed by atoms with E-state index in [1.165, 1.54) is 12.1 Å². The van der Waals surface area contributed by atoms with Crippen LogP contribution in [0.4, 0.5) is 4.39 Å². The average molecular weight is 575 g/mol. The maximum absolute atomic E-state index is 13.5. The summed E-state index contributed by atoms with van der Waals surface area (Å²) in [5.41, 5.74) is 2.56. The summed E-state index contributed by atoms with van der Waals surface area (Å²) in [6.45, 7) is 3.82. The van der Waals surface area contributed by atoms with E-state index in [4.69, 9.17) is 9.47 Å². The van der Waals surface area contributed by atoms with Crippen molar-refractivity contribution in [1.82, 2.24) is 19.6 Å². The molecule has 8 nitrogen and oxygen atoms in total. The Morgan fingerprint density at radius 1 is 0.976 bits per heavy atom. The molecule has 2 bridgehead atoms. The molecule has 0 radical (unpaired) electrons. The van der Waals surface area contributed by atoms with Gasteiger partial charge >= 0.3 is 0 Å². The molecule has 3 aromatic rings. The smallest absolute Gasteiger partial charge is 0.274 e. The summed E-state index contributed by atoms with van der Waals surface area (Å²) in [4.78, 5) is 30.6. The van der Waals surface area contributed by atoms with Gasteiger partial charge in [-0.25, -0.2) is 4.39 Å². The number of rotatable bonds is 2. The second-order valence-corrected chi connectivity index (χ2v) is 12.0. The summed E-state index contributed by atoms with van der Waals surface area (Å²) in [6.07, 6.45) is 6.60. The second-order valence-electron chi connectivity index (χ2n) is 12.0. The van der Waals surface area contributed by atoms with Gasteiger partial charge in [0, 0.05) is 44.3 Å². The largest absolute Gasteiger partial charge is 0.493 e. The van der Waals surface area contributed by atoms with Gasteiger partial charge in [-0.05, 0) is 92.6 Å². The third kappa shape index (κ3) is 6.07. The van der Waals surface area contributed by atoms with Crippen molar-refractivity contribution in [3.8, 4) is 17.0 Å². The van der Waals surface area contributed by atoms with Gasteiger partial charge in [-0.2, -0.15) is 5.10 Å². The molecular weight excluding hydrogens is 535 g/mol. The molecule has 0 saturated carbocycles. The van der Waals surface area contributed by atoms with Gasteiger partial charge in [0.05, 0.1) is 24.9 Å². The van der Waals surface area contributed by atoms with Crippen LogP contribution in [0.1, 0.15) is 65.8 Å². The predicted molar refractivity (Wildman–Crippen MR) is 157 cm³/mol. The van der Waals surface area contributed by atoms with E-state index in [1.807, 2.05) is 34.1 Å². The Morgan fingerprint density at radius 3 is 2.60 bits per heavy atom. The average Bonchev–Trinajstić information content (AvgIpc) is 3.64. The summed E-state index contributed by atoms with van der Waals surface area (Å²) in [5.74, 6) is 0.361. The molecule has 1 atom stereocenters. The predicted octanol–water partition coefficient (Wildman–Crippen LogP) is 5.33. The molecule has 222 valence electrons. The van der Waals surface area contributed by atoms with Crippen molar-refractivity contribution in [3.63, 3.8) is 0 Å². The quantitative estimate of drug-likeness (QED) is 0.414. The number of halogens is 1. The number of carbonyl (C=O) groups excluding carboxylic acids is 2. The van der Waals surface area contributed by atoms with Crippen LogP contribution in [-0.4, -0.2) is 76.9 Å². The number of aromatic nitrogens is 2. The first-order valence-electron chi connectivity index (χ1n) is 15.1. The third-order valence-electron chi connectivity index (χ3n) is 9.17. The maximum atomic E-state index is 13.5. The summed E-state index contributed by atoms with van der Waals surface area (Å²) >= 11 is 0. The van der Waals surface area contributed by atoms with Crippen LogP contribution in [0.2, 0.25) is 0 Å². The second kappa shape index (κ2) is 12.3. The molecule has 1 aromatic heterocycles. The van der Waals surface area contributed by atoms with E-state index in [1.54, 1.807) is 29.9 Å². The molecular formula is C33H39FN4O4. The van der Waals surface area contributed by atoms with Crippen molar-refractivity contribution in [1.29, 1.82) is 0 Å². The van der Waals surface area contributed by atoms with E-state index in [0.29, 0.717) is 49.9 Å². The number of aryl methyl sites for hydroxylation is 1. The molecule has 1 spiro atoms. The Bertz CT molecular complexity index is 1410. The number of piperidine rings is 1. The van der Waals surface area contributed by atoms with Crippen molar-refractivity contribution in [2.24, 2.45) is 12.5 Å². The molecule has 6 rings (SSSR count). The molecule has 4 heterocycles. The van der Waals surface area contributed by atoms with Crippen LogP contribution in [0.5, 0.6) is 5.75 Å². The summed E-state index contributed by atoms with van der Waals surface area (Å²) in [5, 5.41) is 4.49. The van der Waals surface area contributed by atoms with Crippen LogP contribution in [-0.2, 0) is 11.8 Å². The number of fused-ring (bicyclic) bond motifs is 3. The van der Waals surface area contributed by atoms with Gasteiger partial charge in [0.25, 0.3) is 11.8 Å². The fourth-order valence-corrected chi connectivity index (χ4v) is 6.60. The molecule has 2 saturated heterocycles. The number of hydrogen-bond donors (Lipinski definition) is 0. The van der Waals surface area contributed by atoms with Crippen LogP contribution in [0.25, 0.3) is 11.3 Å². The molecule has 0 unspecified atom stereocenters. The SMILES string of the molecule is Cn1nc(C(=O)N2CCC3(CCCCOC[C@@H]4CCCN4C(=O)c4cccc(c4)OC3)CC2)cc1-c1ccc(F)cc1. The zero-order valence-electron chi connectivity index (χ0n) is 24.3. The molecule has 0 N–H and O–H groups in total. The van der Waals surface area contributed by atoms with Crippen molar-refractivity contribution < 1.29 is 23.5 Å². The summed E-state index contributed by atoms with van der Waals surface area (Å²) in [6, 6.07) is 15.7. The van der Waals surface area contributed by atoms with Gasteiger partial charge < -0.3 is 19.3 Å². The molecule has 0 aliphatic carbocycles. The maximum Gasteiger partial charge on any atom is 0.274 e. The number of amides is 2. The number of nitrogens with zero attached hydrogens (tertiary/aromatic N) is 4. The Labute approximate surface area is 246 Å². The highest BCUT2D eigenvalue weighted by Crippen LogP contribution is 2.38.